The van der Waals surface area contributed by atoms with E-state index >= 15 is 0 Å². The van der Waals surface area contributed by atoms with Crippen LogP contribution >= 0.6 is 0 Å². The van der Waals surface area contributed by atoms with Gasteiger partial charge in [0.25, 0.3) is 0 Å². The van der Waals surface area contributed by atoms with Crippen LogP contribution in [0.15, 0.2) is 36.7 Å². The maximum absolute atomic E-state index is 13.0. The largest absolute Gasteiger partial charge is 0.368 e. The molecule has 0 bridgehead atoms. The molecule has 0 radical (unpaired) electrons. The molecule has 110 valence electrons. The summed E-state index contributed by atoms with van der Waals surface area (Å²) in [5, 5.41) is 0. The van der Waals surface area contributed by atoms with Gasteiger partial charge in [-0.05, 0) is 36.8 Å². The van der Waals surface area contributed by atoms with Crippen LogP contribution in [0.1, 0.15) is 5.56 Å². The molecule has 1 aromatic heterocycles. The van der Waals surface area contributed by atoms with Crippen molar-refractivity contribution in [3.63, 3.8) is 0 Å². The van der Waals surface area contributed by atoms with Crippen molar-refractivity contribution < 1.29 is 9.18 Å². The third kappa shape index (κ3) is 3.73. The van der Waals surface area contributed by atoms with Gasteiger partial charge in [0.05, 0.1) is 6.54 Å². The van der Waals surface area contributed by atoms with Crippen LogP contribution in [0.2, 0.25) is 0 Å². The van der Waals surface area contributed by atoms with Crippen molar-refractivity contribution in [1.29, 1.82) is 0 Å². The highest BCUT2D eigenvalue weighted by molar-refractivity contribution is 5.80. The van der Waals surface area contributed by atoms with E-state index in [1.165, 1.54) is 12.1 Å². The minimum Gasteiger partial charge on any atom is -0.368 e. The Labute approximate surface area is 121 Å². The van der Waals surface area contributed by atoms with E-state index < -0.39 is 11.9 Å². The first kappa shape index (κ1) is 14.9. The van der Waals surface area contributed by atoms with Crippen molar-refractivity contribution >= 4 is 17.5 Å². The van der Waals surface area contributed by atoms with Gasteiger partial charge in [-0.15, -0.1) is 0 Å². The number of rotatable bonds is 5. The van der Waals surface area contributed by atoms with Gasteiger partial charge in [0.1, 0.15) is 11.9 Å². The van der Waals surface area contributed by atoms with Gasteiger partial charge in [0, 0.05) is 18.1 Å². The highest BCUT2D eigenvalue weighted by Gasteiger charge is 2.19. The van der Waals surface area contributed by atoms with Gasteiger partial charge in [-0.2, -0.15) is 0 Å². The predicted octanol–water partition coefficient (Wildman–Crippen LogP) is 0.875. The number of hydrogen-bond donors (Lipinski definition) is 2. The summed E-state index contributed by atoms with van der Waals surface area (Å²) in [6.45, 7) is 1.96. The van der Waals surface area contributed by atoms with Crippen LogP contribution in [0.25, 0.3) is 0 Å². The van der Waals surface area contributed by atoms with Crippen molar-refractivity contribution in [1.82, 2.24) is 9.97 Å². The maximum atomic E-state index is 13.0. The molecule has 0 aliphatic rings. The molecule has 6 nitrogen and oxygen atoms in total. The molecule has 2 rings (SSSR count). The number of amides is 1. The number of nitrogens with zero attached hydrogens (tertiary/aromatic N) is 3. The third-order valence-electron chi connectivity index (χ3n) is 2.89. The zero-order chi connectivity index (χ0) is 15.4. The number of carbonyl (C=O) groups excluding carboxylic acids is 1. The van der Waals surface area contributed by atoms with Gasteiger partial charge < -0.3 is 16.4 Å². The highest BCUT2D eigenvalue weighted by atomic mass is 19.1. The fourth-order valence-corrected chi connectivity index (χ4v) is 1.74. The summed E-state index contributed by atoms with van der Waals surface area (Å²) in [6.07, 6.45) is 3.29. The molecule has 0 saturated heterocycles. The molecule has 2 aromatic rings. The predicted molar refractivity (Wildman–Crippen MR) is 77.3 cm³/mol. The molecule has 0 aliphatic heterocycles. The molecule has 1 aromatic carbocycles. The highest BCUT2D eigenvalue weighted by Crippen LogP contribution is 2.22. The van der Waals surface area contributed by atoms with E-state index in [0.29, 0.717) is 11.6 Å². The van der Waals surface area contributed by atoms with E-state index in [1.54, 1.807) is 29.4 Å². The summed E-state index contributed by atoms with van der Waals surface area (Å²) in [4.78, 5) is 21.2. The molecule has 0 fully saturated rings. The number of benzene rings is 1. The zero-order valence-electron chi connectivity index (χ0n) is 11.5. The SMILES string of the molecule is Cc1cnc(N(CC(N)C(N)=O)c2ccc(F)cc2)nc1. The van der Waals surface area contributed by atoms with Crippen LogP contribution in [-0.2, 0) is 4.79 Å². The van der Waals surface area contributed by atoms with Crippen molar-refractivity contribution in [2.24, 2.45) is 11.5 Å². The lowest BCUT2D eigenvalue weighted by atomic mass is 10.2. The summed E-state index contributed by atoms with van der Waals surface area (Å²) in [5.74, 6) is -0.624. The first-order valence-electron chi connectivity index (χ1n) is 6.34. The van der Waals surface area contributed by atoms with Crippen LogP contribution < -0.4 is 16.4 Å². The molecule has 7 heteroatoms. The molecule has 1 unspecified atom stereocenters. The van der Waals surface area contributed by atoms with E-state index in [4.69, 9.17) is 11.5 Å². The number of primary amides is 1. The van der Waals surface area contributed by atoms with Gasteiger partial charge >= 0.3 is 0 Å². The number of hydrogen-bond acceptors (Lipinski definition) is 5. The van der Waals surface area contributed by atoms with Crippen LogP contribution in [0.4, 0.5) is 16.0 Å². The van der Waals surface area contributed by atoms with Crippen molar-refractivity contribution in [2.45, 2.75) is 13.0 Å². The van der Waals surface area contributed by atoms with Crippen LogP contribution in [0, 0.1) is 12.7 Å². The summed E-state index contributed by atoms with van der Waals surface area (Å²) in [5.41, 5.74) is 12.4. The lowest BCUT2D eigenvalue weighted by Gasteiger charge is -2.24. The number of aromatic nitrogens is 2. The molecular formula is C14H16FN5O. The first-order chi connectivity index (χ1) is 9.97. The molecule has 1 amide bonds. The maximum Gasteiger partial charge on any atom is 0.236 e. The van der Waals surface area contributed by atoms with Crippen molar-refractivity contribution in [2.75, 3.05) is 11.4 Å². The second-order valence-electron chi connectivity index (χ2n) is 4.66. The summed E-state index contributed by atoms with van der Waals surface area (Å²) >= 11 is 0. The second kappa shape index (κ2) is 6.27. The second-order valence-corrected chi connectivity index (χ2v) is 4.66. The van der Waals surface area contributed by atoms with Gasteiger partial charge in [-0.25, -0.2) is 14.4 Å². The van der Waals surface area contributed by atoms with Gasteiger partial charge in [0.15, 0.2) is 0 Å². The molecule has 0 spiro atoms. The monoisotopic (exact) mass is 289 g/mol. The van der Waals surface area contributed by atoms with E-state index in [2.05, 4.69) is 9.97 Å². The Morgan fingerprint density at radius 1 is 1.29 bits per heavy atom. The molecule has 21 heavy (non-hydrogen) atoms. The van der Waals surface area contributed by atoms with Gasteiger partial charge in [-0.3, -0.25) is 4.79 Å². The Kier molecular flexibility index (Phi) is 4.44. The third-order valence-corrected chi connectivity index (χ3v) is 2.89. The Bertz CT molecular complexity index is 569. The Hall–Kier alpha value is -2.54. The van der Waals surface area contributed by atoms with E-state index in [-0.39, 0.29) is 12.4 Å². The number of nitrogens with two attached hydrogens (primary N) is 2. The van der Waals surface area contributed by atoms with E-state index in [1.807, 2.05) is 6.92 Å². The smallest absolute Gasteiger partial charge is 0.236 e. The first-order valence-corrected chi connectivity index (χ1v) is 6.34. The van der Waals surface area contributed by atoms with Crippen molar-refractivity contribution in [3.05, 3.63) is 48.0 Å². The van der Waals surface area contributed by atoms with E-state index in [0.717, 1.165) is 5.56 Å². The van der Waals surface area contributed by atoms with Crippen LogP contribution in [-0.4, -0.2) is 28.5 Å². The zero-order valence-corrected chi connectivity index (χ0v) is 11.5. The molecule has 1 atom stereocenters. The Balaban J connectivity index is 2.36. The van der Waals surface area contributed by atoms with Crippen LogP contribution in [0.5, 0.6) is 0 Å². The average molecular weight is 289 g/mol. The molecular weight excluding hydrogens is 273 g/mol. The Morgan fingerprint density at radius 3 is 2.38 bits per heavy atom. The van der Waals surface area contributed by atoms with Crippen LogP contribution in [0.3, 0.4) is 0 Å². The number of anilines is 2. The fourth-order valence-electron chi connectivity index (χ4n) is 1.74. The Morgan fingerprint density at radius 2 is 1.86 bits per heavy atom. The topological polar surface area (TPSA) is 98.1 Å². The molecule has 0 saturated carbocycles. The molecule has 0 aliphatic carbocycles. The van der Waals surface area contributed by atoms with Crippen molar-refractivity contribution in [3.8, 4) is 0 Å². The van der Waals surface area contributed by atoms with Gasteiger partial charge in [0.2, 0.25) is 11.9 Å². The fraction of sp³-hybridized carbons (Fsp3) is 0.214. The number of halogens is 1. The van der Waals surface area contributed by atoms with Gasteiger partial charge in [-0.1, -0.05) is 0 Å². The quantitative estimate of drug-likeness (QED) is 0.851. The number of aryl methyl sites for hydroxylation is 1. The summed E-state index contributed by atoms with van der Waals surface area (Å²) in [6, 6.07) is 4.86. The standard InChI is InChI=1S/C14H16FN5O/c1-9-6-18-14(19-7-9)20(8-12(16)13(17)21)11-4-2-10(15)3-5-11/h2-7,12H,8,16H2,1H3,(H2,17,21). The number of carbonyl (C=O) groups is 1. The minimum atomic E-state index is -0.889. The summed E-state index contributed by atoms with van der Waals surface area (Å²) < 4.78 is 13.0. The normalized spacial score (nSPS) is 12.0. The summed E-state index contributed by atoms with van der Waals surface area (Å²) in [7, 11) is 0. The lowest BCUT2D eigenvalue weighted by Crippen LogP contribution is -2.45. The van der Waals surface area contributed by atoms with E-state index in [9.17, 15) is 9.18 Å². The molecule has 1 heterocycles. The minimum absolute atomic E-state index is 0.101. The lowest BCUT2D eigenvalue weighted by molar-refractivity contribution is -0.119. The average Bonchev–Trinajstić information content (AvgIpc) is 2.46. The molecule has 4 N–H and O–H groups in total.